The van der Waals surface area contributed by atoms with Crippen molar-refractivity contribution in [2.45, 2.75) is 18.4 Å². The molecule has 0 aliphatic heterocycles. The number of nitrogens with zero attached hydrogens (tertiary/aromatic N) is 1. The summed E-state index contributed by atoms with van der Waals surface area (Å²) < 4.78 is 26.3. The van der Waals surface area contributed by atoms with E-state index in [1.165, 1.54) is 22.5 Å². The van der Waals surface area contributed by atoms with Crippen LogP contribution in [0.3, 0.4) is 0 Å². The molecular weight excluding hydrogens is 308 g/mol. The molecule has 0 saturated heterocycles. The lowest BCUT2D eigenvalue weighted by molar-refractivity contribution is 0.466. The molecule has 2 aromatic rings. The molecule has 0 radical (unpaired) electrons. The highest BCUT2D eigenvalue weighted by molar-refractivity contribution is 7.89. The van der Waals surface area contributed by atoms with Crippen LogP contribution >= 0.6 is 11.6 Å². The van der Waals surface area contributed by atoms with Crippen LogP contribution in [0.5, 0.6) is 0 Å². The molecule has 0 bridgehead atoms. The maximum Gasteiger partial charge on any atom is 0.243 e. The average molecular weight is 325 g/mol. The van der Waals surface area contributed by atoms with Gasteiger partial charge in [0.2, 0.25) is 10.0 Å². The molecule has 0 atom stereocenters. The van der Waals surface area contributed by atoms with Crippen LogP contribution in [0.25, 0.3) is 0 Å². The van der Waals surface area contributed by atoms with Gasteiger partial charge in [0.25, 0.3) is 0 Å². The van der Waals surface area contributed by atoms with Gasteiger partial charge >= 0.3 is 0 Å². The highest BCUT2D eigenvalue weighted by Crippen LogP contribution is 2.25. The van der Waals surface area contributed by atoms with Crippen LogP contribution in [0.4, 0.5) is 5.69 Å². The van der Waals surface area contributed by atoms with Crippen molar-refractivity contribution in [2.24, 2.45) is 0 Å². The Kier molecular flexibility index (Phi) is 4.56. The van der Waals surface area contributed by atoms with E-state index in [0.29, 0.717) is 12.2 Å². The van der Waals surface area contributed by atoms with Gasteiger partial charge in [-0.3, -0.25) is 0 Å². The molecule has 0 amide bonds. The lowest BCUT2D eigenvalue weighted by atomic mass is 10.1. The highest BCUT2D eigenvalue weighted by atomic mass is 35.5. The van der Waals surface area contributed by atoms with E-state index in [0.717, 1.165) is 11.1 Å². The SMILES string of the molecule is Cc1cccc(CN(C)S(=O)(=O)c2ccc(N)c(Cl)c2)c1. The number of benzene rings is 2. The second-order valence-electron chi connectivity index (χ2n) is 4.93. The van der Waals surface area contributed by atoms with Crippen LogP contribution in [-0.2, 0) is 16.6 Å². The van der Waals surface area contributed by atoms with Crippen LogP contribution in [0.15, 0.2) is 47.4 Å². The van der Waals surface area contributed by atoms with E-state index in [4.69, 9.17) is 17.3 Å². The van der Waals surface area contributed by atoms with E-state index < -0.39 is 10.0 Å². The summed E-state index contributed by atoms with van der Waals surface area (Å²) in [6, 6.07) is 12.1. The molecule has 0 aliphatic carbocycles. The van der Waals surface area contributed by atoms with Gasteiger partial charge in [-0.05, 0) is 30.7 Å². The lowest BCUT2D eigenvalue weighted by Gasteiger charge is -2.18. The number of sulfonamides is 1. The fourth-order valence-corrected chi connectivity index (χ4v) is 3.43. The monoisotopic (exact) mass is 324 g/mol. The molecule has 0 fully saturated rings. The molecule has 21 heavy (non-hydrogen) atoms. The maximum atomic E-state index is 12.5. The van der Waals surface area contributed by atoms with Gasteiger partial charge in [-0.25, -0.2) is 8.42 Å². The number of hydrogen-bond donors (Lipinski definition) is 1. The summed E-state index contributed by atoms with van der Waals surface area (Å²) in [7, 11) is -2.05. The predicted molar refractivity (Wildman–Crippen MR) is 85.7 cm³/mol. The zero-order chi connectivity index (χ0) is 15.6. The Morgan fingerprint density at radius 3 is 2.52 bits per heavy atom. The summed E-state index contributed by atoms with van der Waals surface area (Å²) in [5, 5.41) is 0.236. The summed E-state index contributed by atoms with van der Waals surface area (Å²) in [6.07, 6.45) is 0. The van der Waals surface area contributed by atoms with Crippen molar-refractivity contribution in [2.75, 3.05) is 12.8 Å². The molecule has 0 heterocycles. The first-order valence-electron chi connectivity index (χ1n) is 6.37. The van der Waals surface area contributed by atoms with Crippen LogP contribution in [0, 0.1) is 6.92 Å². The minimum absolute atomic E-state index is 0.136. The number of hydrogen-bond acceptors (Lipinski definition) is 3. The summed E-state index contributed by atoms with van der Waals surface area (Å²) in [6.45, 7) is 2.27. The third-order valence-electron chi connectivity index (χ3n) is 3.17. The fraction of sp³-hybridized carbons (Fsp3) is 0.200. The first-order chi connectivity index (χ1) is 9.80. The minimum Gasteiger partial charge on any atom is -0.398 e. The Hall–Kier alpha value is -1.56. The summed E-state index contributed by atoms with van der Waals surface area (Å²) >= 11 is 5.90. The molecule has 0 spiro atoms. The van der Waals surface area contributed by atoms with Crippen molar-refractivity contribution >= 4 is 27.3 Å². The zero-order valence-electron chi connectivity index (χ0n) is 11.9. The molecule has 4 nitrogen and oxygen atoms in total. The molecule has 6 heteroatoms. The van der Waals surface area contributed by atoms with Crippen molar-refractivity contribution in [3.8, 4) is 0 Å². The molecular formula is C15H17ClN2O2S. The number of rotatable bonds is 4. The van der Waals surface area contributed by atoms with E-state index in [1.54, 1.807) is 7.05 Å². The Morgan fingerprint density at radius 2 is 1.90 bits per heavy atom. The Labute approximate surface area is 130 Å². The fourth-order valence-electron chi connectivity index (χ4n) is 2.00. The third-order valence-corrected chi connectivity index (χ3v) is 5.29. The number of aryl methyl sites for hydroxylation is 1. The van der Waals surface area contributed by atoms with E-state index >= 15 is 0 Å². The van der Waals surface area contributed by atoms with Crippen molar-refractivity contribution in [3.05, 3.63) is 58.6 Å². The van der Waals surface area contributed by atoms with Crippen LogP contribution in [-0.4, -0.2) is 19.8 Å². The van der Waals surface area contributed by atoms with E-state index in [1.807, 2.05) is 31.2 Å². The van der Waals surface area contributed by atoms with Crippen molar-refractivity contribution in [1.29, 1.82) is 0 Å². The zero-order valence-corrected chi connectivity index (χ0v) is 13.4. The molecule has 0 unspecified atom stereocenters. The second kappa shape index (κ2) is 6.05. The van der Waals surface area contributed by atoms with Gasteiger partial charge < -0.3 is 5.73 Å². The standard InChI is InChI=1S/C15H17ClN2O2S/c1-11-4-3-5-12(8-11)10-18(2)21(19,20)13-6-7-15(17)14(16)9-13/h3-9H,10,17H2,1-2H3. The summed E-state index contributed by atoms with van der Waals surface area (Å²) in [5.74, 6) is 0. The summed E-state index contributed by atoms with van der Waals surface area (Å²) in [4.78, 5) is 0.136. The van der Waals surface area contributed by atoms with Crippen molar-refractivity contribution in [3.63, 3.8) is 0 Å². The molecule has 2 N–H and O–H groups in total. The number of halogens is 1. The Morgan fingerprint density at radius 1 is 1.19 bits per heavy atom. The number of nitrogen functional groups attached to an aromatic ring is 1. The van der Waals surface area contributed by atoms with Gasteiger partial charge in [-0.2, -0.15) is 4.31 Å². The number of anilines is 1. The third kappa shape index (κ3) is 3.56. The Balaban J connectivity index is 2.28. The molecule has 0 saturated carbocycles. The van der Waals surface area contributed by atoms with Gasteiger partial charge in [0.05, 0.1) is 15.6 Å². The van der Waals surface area contributed by atoms with Crippen molar-refractivity contribution in [1.82, 2.24) is 4.31 Å². The normalized spacial score (nSPS) is 11.8. The van der Waals surface area contributed by atoms with Gasteiger partial charge in [0.1, 0.15) is 0 Å². The summed E-state index contributed by atoms with van der Waals surface area (Å²) in [5.41, 5.74) is 7.99. The average Bonchev–Trinajstić information content (AvgIpc) is 2.41. The second-order valence-corrected chi connectivity index (χ2v) is 7.39. The molecule has 2 rings (SSSR count). The Bertz CT molecular complexity index is 760. The van der Waals surface area contributed by atoms with Gasteiger partial charge in [0.15, 0.2) is 0 Å². The lowest BCUT2D eigenvalue weighted by Crippen LogP contribution is -2.26. The van der Waals surface area contributed by atoms with Gasteiger partial charge in [-0.1, -0.05) is 41.4 Å². The van der Waals surface area contributed by atoms with E-state index in [2.05, 4.69) is 0 Å². The first kappa shape index (κ1) is 15.8. The van der Waals surface area contributed by atoms with Gasteiger partial charge in [0, 0.05) is 13.6 Å². The maximum absolute atomic E-state index is 12.5. The molecule has 0 aromatic heterocycles. The first-order valence-corrected chi connectivity index (χ1v) is 8.19. The largest absolute Gasteiger partial charge is 0.398 e. The minimum atomic E-state index is -3.60. The molecule has 2 aromatic carbocycles. The van der Waals surface area contributed by atoms with Crippen molar-refractivity contribution < 1.29 is 8.42 Å². The highest BCUT2D eigenvalue weighted by Gasteiger charge is 2.21. The van der Waals surface area contributed by atoms with Crippen LogP contribution in [0.1, 0.15) is 11.1 Å². The van der Waals surface area contributed by atoms with Crippen LogP contribution < -0.4 is 5.73 Å². The predicted octanol–water partition coefficient (Wildman–Crippen LogP) is 3.05. The molecule has 112 valence electrons. The van der Waals surface area contributed by atoms with Gasteiger partial charge in [-0.15, -0.1) is 0 Å². The number of nitrogens with two attached hydrogens (primary N) is 1. The van der Waals surface area contributed by atoms with E-state index in [9.17, 15) is 8.42 Å². The quantitative estimate of drug-likeness (QED) is 0.879. The smallest absolute Gasteiger partial charge is 0.243 e. The van der Waals surface area contributed by atoms with E-state index in [-0.39, 0.29) is 9.92 Å². The van der Waals surface area contributed by atoms with Crippen LogP contribution in [0.2, 0.25) is 5.02 Å². The topological polar surface area (TPSA) is 63.4 Å². The molecule has 0 aliphatic rings.